The molecule has 0 spiro atoms. The highest BCUT2D eigenvalue weighted by atomic mass is 16.5. The van der Waals surface area contributed by atoms with Crippen molar-refractivity contribution < 1.29 is 4.74 Å². The molecule has 47 heavy (non-hydrogen) atoms. The summed E-state index contributed by atoms with van der Waals surface area (Å²) in [6, 6.07) is 49.9. The molecule has 5 heteroatoms. The van der Waals surface area contributed by atoms with E-state index in [1.807, 2.05) is 48.5 Å². The summed E-state index contributed by atoms with van der Waals surface area (Å²) in [5, 5.41) is 7.55. The largest absolute Gasteiger partial charge is 0.366 e. The molecule has 2 aliphatic rings. The van der Waals surface area contributed by atoms with Crippen molar-refractivity contribution in [2.24, 2.45) is 17.4 Å². The van der Waals surface area contributed by atoms with E-state index < -0.39 is 12.5 Å². The summed E-state index contributed by atoms with van der Waals surface area (Å²) < 4.78 is 6.53. The normalized spacial score (nSPS) is 22.0. The maximum atomic E-state index is 7.00. The van der Waals surface area contributed by atoms with Gasteiger partial charge in [0, 0.05) is 23.1 Å². The molecule has 0 fully saturated rings. The molecule has 1 heterocycles. The Morgan fingerprint density at radius 1 is 0.596 bits per heavy atom. The van der Waals surface area contributed by atoms with Gasteiger partial charge in [-0.3, -0.25) is 5.32 Å². The van der Waals surface area contributed by atoms with Gasteiger partial charge < -0.3 is 21.5 Å². The predicted octanol–water partition coefficient (Wildman–Crippen LogP) is 8.03. The van der Waals surface area contributed by atoms with Gasteiger partial charge in [0.2, 0.25) is 0 Å². The average Bonchev–Trinajstić information content (AvgIpc) is 3.16. The second kappa shape index (κ2) is 14.2. The minimum atomic E-state index is -0.707. The Labute approximate surface area is 277 Å². The van der Waals surface area contributed by atoms with Gasteiger partial charge in [0.1, 0.15) is 18.6 Å². The molecule has 6 atom stereocenters. The zero-order valence-corrected chi connectivity index (χ0v) is 26.2. The molecule has 0 bridgehead atoms. The number of benzene rings is 5. The van der Waals surface area contributed by atoms with Crippen molar-refractivity contribution in [1.29, 1.82) is 0 Å². The van der Waals surface area contributed by atoms with Gasteiger partial charge in [-0.25, -0.2) is 0 Å². The van der Waals surface area contributed by atoms with E-state index in [9.17, 15) is 0 Å². The SMILES string of the molecule is NC(OC(N)C1C=C(C2=CC(c3ccccc3)NC(c3ccccc3)N2)C=CC1c1ccccc1)c1ccccc1-c1ccccc1. The summed E-state index contributed by atoms with van der Waals surface area (Å²) >= 11 is 0. The highest BCUT2D eigenvalue weighted by Crippen LogP contribution is 2.39. The Balaban J connectivity index is 1.22. The lowest BCUT2D eigenvalue weighted by Crippen LogP contribution is -2.42. The van der Waals surface area contributed by atoms with Gasteiger partial charge in [-0.15, -0.1) is 0 Å². The van der Waals surface area contributed by atoms with E-state index in [0.717, 1.165) is 28.0 Å². The lowest BCUT2D eigenvalue weighted by Gasteiger charge is -2.36. The summed E-state index contributed by atoms with van der Waals surface area (Å²) in [7, 11) is 0. The van der Waals surface area contributed by atoms with E-state index >= 15 is 0 Å². The number of ether oxygens (including phenoxy) is 1. The van der Waals surface area contributed by atoms with Crippen LogP contribution < -0.4 is 22.1 Å². The van der Waals surface area contributed by atoms with Crippen molar-refractivity contribution in [1.82, 2.24) is 10.6 Å². The van der Waals surface area contributed by atoms with Crippen LogP contribution in [0, 0.1) is 5.92 Å². The van der Waals surface area contributed by atoms with E-state index in [1.165, 1.54) is 16.7 Å². The van der Waals surface area contributed by atoms with E-state index in [-0.39, 0.29) is 24.0 Å². The van der Waals surface area contributed by atoms with Crippen LogP contribution in [0.15, 0.2) is 181 Å². The lowest BCUT2D eigenvalue weighted by molar-refractivity contribution is -0.0310. The molecule has 1 aliphatic heterocycles. The van der Waals surface area contributed by atoms with Crippen LogP contribution in [0.3, 0.4) is 0 Å². The maximum absolute atomic E-state index is 7.00. The van der Waals surface area contributed by atoms with Gasteiger partial charge in [0.25, 0.3) is 0 Å². The van der Waals surface area contributed by atoms with Gasteiger partial charge in [0.15, 0.2) is 0 Å². The number of hydrogen-bond donors (Lipinski definition) is 4. The third kappa shape index (κ3) is 6.89. The second-order valence-electron chi connectivity index (χ2n) is 12.1. The fourth-order valence-electron chi connectivity index (χ4n) is 6.65. The fourth-order valence-corrected chi connectivity index (χ4v) is 6.65. The van der Waals surface area contributed by atoms with Crippen molar-refractivity contribution in [3.63, 3.8) is 0 Å². The van der Waals surface area contributed by atoms with Crippen LogP contribution in [0.5, 0.6) is 0 Å². The first-order valence-electron chi connectivity index (χ1n) is 16.2. The van der Waals surface area contributed by atoms with Crippen molar-refractivity contribution >= 4 is 0 Å². The Morgan fingerprint density at radius 3 is 1.85 bits per heavy atom. The molecule has 7 rings (SSSR count). The van der Waals surface area contributed by atoms with Crippen LogP contribution in [0.1, 0.15) is 46.6 Å². The molecule has 1 aliphatic carbocycles. The second-order valence-corrected chi connectivity index (χ2v) is 12.1. The van der Waals surface area contributed by atoms with Gasteiger partial charge in [-0.05, 0) is 39.5 Å². The Kier molecular flexibility index (Phi) is 9.22. The van der Waals surface area contributed by atoms with E-state index in [2.05, 4.69) is 132 Å². The molecule has 0 saturated heterocycles. The molecule has 5 aromatic rings. The number of hydrogen-bond acceptors (Lipinski definition) is 5. The third-order valence-corrected chi connectivity index (χ3v) is 9.07. The Hall–Kier alpha value is -5.04. The van der Waals surface area contributed by atoms with Gasteiger partial charge in [0.05, 0.1) is 6.04 Å². The fraction of sp³-hybridized carbons (Fsp3) is 0.143. The topological polar surface area (TPSA) is 85.3 Å². The third-order valence-electron chi connectivity index (χ3n) is 9.07. The number of nitrogens with two attached hydrogens (primary N) is 2. The highest BCUT2D eigenvalue weighted by Gasteiger charge is 2.32. The molecule has 234 valence electrons. The molecular formula is C42H40N4O. The van der Waals surface area contributed by atoms with Crippen LogP contribution in [0.4, 0.5) is 0 Å². The zero-order chi connectivity index (χ0) is 32.0. The molecule has 5 nitrogen and oxygen atoms in total. The molecular weight excluding hydrogens is 576 g/mol. The van der Waals surface area contributed by atoms with Gasteiger partial charge in [-0.2, -0.15) is 0 Å². The van der Waals surface area contributed by atoms with Crippen LogP contribution in [-0.4, -0.2) is 6.23 Å². The quantitative estimate of drug-likeness (QED) is 0.126. The van der Waals surface area contributed by atoms with Crippen molar-refractivity contribution in [3.8, 4) is 11.1 Å². The van der Waals surface area contributed by atoms with E-state index in [0.29, 0.717) is 0 Å². The standard InChI is InChI=1S/C42H40N4O/c43-40(36-24-14-13-23-34(36)29-15-5-1-6-16-29)47-41(44)37-27-33(25-26-35(37)30-17-7-2-8-18-30)39-28-38(31-19-9-3-10-20-31)45-42(46-39)32-21-11-4-12-22-32/h1-28,35,37-38,40-42,45-46H,43-44H2. The first kappa shape index (κ1) is 30.6. The summed E-state index contributed by atoms with van der Waals surface area (Å²) in [6.07, 6.45) is 7.53. The summed E-state index contributed by atoms with van der Waals surface area (Å²) in [5.41, 5.74) is 22.5. The molecule has 6 N–H and O–H groups in total. The summed E-state index contributed by atoms with van der Waals surface area (Å²) in [4.78, 5) is 0. The van der Waals surface area contributed by atoms with E-state index in [1.54, 1.807) is 0 Å². The minimum Gasteiger partial charge on any atom is -0.366 e. The average molecular weight is 617 g/mol. The van der Waals surface area contributed by atoms with Crippen molar-refractivity contribution in [2.75, 3.05) is 0 Å². The monoisotopic (exact) mass is 616 g/mol. The molecule has 6 unspecified atom stereocenters. The summed E-state index contributed by atoms with van der Waals surface area (Å²) in [6.45, 7) is 0. The molecule has 0 radical (unpaired) electrons. The molecule has 0 amide bonds. The number of rotatable bonds is 9. The van der Waals surface area contributed by atoms with Gasteiger partial charge in [-0.1, -0.05) is 164 Å². The van der Waals surface area contributed by atoms with Crippen LogP contribution in [0.2, 0.25) is 0 Å². The summed E-state index contributed by atoms with van der Waals surface area (Å²) in [5.74, 6) is -0.154. The Bertz CT molecular complexity index is 1850. The molecule has 0 saturated carbocycles. The zero-order valence-electron chi connectivity index (χ0n) is 26.2. The van der Waals surface area contributed by atoms with Gasteiger partial charge >= 0.3 is 0 Å². The molecule has 5 aromatic carbocycles. The first-order valence-corrected chi connectivity index (χ1v) is 16.2. The maximum Gasteiger partial charge on any atom is 0.134 e. The van der Waals surface area contributed by atoms with Crippen LogP contribution >= 0.6 is 0 Å². The molecule has 0 aromatic heterocycles. The smallest absolute Gasteiger partial charge is 0.134 e. The number of nitrogens with one attached hydrogen (secondary N) is 2. The highest BCUT2D eigenvalue weighted by molar-refractivity contribution is 5.67. The Morgan fingerprint density at radius 2 is 1.17 bits per heavy atom. The van der Waals surface area contributed by atoms with E-state index in [4.69, 9.17) is 16.2 Å². The van der Waals surface area contributed by atoms with Crippen molar-refractivity contribution in [2.45, 2.75) is 30.6 Å². The first-order chi connectivity index (χ1) is 23.1. The van der Waals surface area contributed by atoms with Crippen LogP contribution in [0.25, 0.3) is 11.1 Å². The lowest BCUT2D eigenvalue weighted by atomic mass is 9.79. The van der Waals surface area contributed by atoms with Crippen LogP contribution in [-0.2, 0) is 4.74 Å². The minimum absolute atomic E-state index is 0.0173. The number of allylic oxidation sites excluding steroid dienone is 2. The van der Waals surface area contributed by atoms with Crippen molar-refractivity contribution in [3.05, 3.63) is 203 Å². The predicted molar refractivity (Wildman–Crippen MR) is 190 cm³/mol.